The fraction of sp³-hybridized carbons (Fsp3) is 0.364. The summed E-state index contributed by atoms with van der Waals surface area (Å²) >= 11 is 0. The summed E-state index contributed by atoms with van der Waals surface area (Å²) in [5.41, 5.74) is 2.00. The third kappa shape index (κ3) is 4.44. The molecule has 0 aromatic heterocycles. The van der Waals surface area contributed by atoms with Crippen LogP contribution in [-0.4, -0.2) is 25.2 Å². The second kappa shape index (κ2) is 8.77. The molecule has 0 aliphatic carbocycles. The smallest absolute Gasteiger partial charge is 0.241 e. The second-order valence-corrected chi connectivity index (χ2v) is 7.16. The molecule has 0 bridgehead atoms. The van der Waals surface area contributed by atoms with Crippen LogP contribution in [0.4, 0.5) is 5.69 Å². The lowest BCUT2D eigenvalue weighted by atomic mass is 9.94. The van der Waals surface area contributed by atoms with Crippen molar-refractivity contribution in [2.24, 2.45) is 5.92 Å². The van der Waals surface area contributed by atoms with Gasteiger partial charge in [0.2, 0.25) is 5.91 Å². The highest BCUT2D eigenvalue weighted by molar-refractivity contribution is 5.95. The van der Waals surface area contributed by atoms with Gasteiger partial charge >= 0.3 is 0 Å². The molecule has 2 atom stereocenters. The average molecular weight is 379 g/mol. The Labute approximate surface area is 165 Å². The zero-order valence-electron chi connectivity index (χ0n) is 16.4. The molecular weight excluding hydrogens is 354 g/mol. The van der Waals surface area contributed by atoms with Gasteiger partial charge in [-0.15, -0.1) is 0 Å². The number of rotatable bonds is 6. The first-order chi connectivity index (χ1) is 13.5. The molecule has 3 rings (SSSR count). The van der Waals surface area contributed by atoms with Crippen LogP contribution in [0.1, 0.15) is 37.9 Å². The van der Waals surface area contributed by atoms with Gasteiger partial charge in [-0.2, -0.15) is 5.26 Å². The molecule has 0 spiro atoms. The monoisotopic (exact) mass is 379 g/mol. The van der Waals surface area contributed by atoms with Gasteiger partial charge in [0.05, 0.1) is 17.3 Å². The van der Waals surface area contributed by atoms with Crippen molar-refractivity contribution in [1.29, 1.82) is 5.26 Å². The van der Waals surface area contributed by atoms with Crippen molar-refractivity contribution >= 4 is 11.6 Å². The van der Waals surface area contributed by atoms with Gasteiger partial charge in [0.25, 0.3) is 0 Å². The zero-order valence-corrected chi connectivity index (χ0v) is 16.4. The summed E-state index contributed by atoms with van der Waals surface area (Å²) < 4.78 is 11.3. The van der Waals surface area contributed by atoms with E-state index in [2.05, 4.69) is 30.6 Å². The maximum Gasteiger partial charge on any atom is 0.241 e. The quantitative estimate of drug-likeness (QED) is 0.801. The standard InChI is InChI=1S/C22H25N3O3/c1-14(2)21(16-8-9-19-20(12-16)28-11-10-27-19)24-15(3)22(26)25-18-7-5-4-6-17(18)13-23/h4-9,12,14-15,21,24H,10-11H2,1-3H3,(H,25,26)/t15-,21+/m1/s1. The predicted molar refractivity (Wildman–Crippen MR) is 107 cm³/mol. The molecule has 0 saturated carbocycles. The van der Waals surface area contributed by atoms with Crippen LogP contribution in [0.3, 0.4) is 0 Å². The van der Waals surface area contributed by atoms with Crippen molar-refractivity contribution in [1.82, 2.24) is 5.32 Å². The van der Waals surface area contributed by atoms with Crippen LogP contribution in [0.25, 0.3) is 0 Å². The van der Waals surface area contributed by atoms with Crippen molar-refractivity contribution in [2.75, 3.05) is 18.5 Å². The van der Waals surface area contributed by atoms with Crippen molar-refractivity contribution in [3.63, 3.8) is 0 Å². The summed E-state index contributed by atoms with van der Waals surface area (Å²) in [6.07, 6.45) is 0. The normalized spacial score (nSPS) is 14.8. The SMILES string of the molecule is CC(C)[C@H](N[C@H](C)C(=O)Nc1ccccc1C#N)c1ccc2c(c1)OCCO2. The molecule has 0 fully saturated rings. The highest BCUT2D eigenvalue weighted by Gasteiger charge is 2.24. The number of nitrogens with one attached hydrogen (secondary N) is 2. The first-order valence-corrected chi connectivity index (χ1v) is 9.45. The Bertz CT molecular complexity index is 889. The summed E-state index contributed by atoms with van der Waals surface area (Å²) in [7, 11) is 0. The summed E-state index contributed by atoms with van der Waals surface area (Å²) in [6, 6.07) is 14.5. The molecular formula is C22H25N3O3. The zero-order chi connectivity index (χ0) is 20.1. The molecule has 28 heavy (non-hydrogen) atoms. The van der Waals surface area contributed by atoms with Gasteiger partial charge in [-0.05, 0) is 42.7 Å². The summed E-state index contributed by atoms with van der Waals surface area (Å²) in [4.78, 5) is 12.7. The number of hydrogen-bond acceptors (Lipinski definition) is 5. The minimum atomic E-state index is -0.452. The Balaban J connectivity index is 1.73. The number of para-hydroxylation sites is 1. The highest BCUT2D eigenvalue weighted by Crippen LogP contribution is 2.34. The van der Waals surface area contributed by atoms with Crippen molar-refractivity contribution in [3.8, 4) is 17.6 Å². The first-order valence-electron chi connectivity index (χ1n) is 9.45. The van der Waals surface area contributed by atoms with Crippen molar-refractivity contribution in [3.05, 3.63) is 53.6 Å². The van der Waals surface area contributed by atoms with Crippen LogP contribution >= 0.6 is 0 Å². The number of nitrogens with zero attached hydrogens (tertiary/aromatic N) is 1. The van der Waals surface area contributed by atoms with Crippen LogP contribution in [0.2, 0.25) is 0 Å². The fourth-order valence-corrected chi connectivity index (χ4v) is 3.20. The number of nitriles is 1. The van der Waals surface area contributed by atoms with Crippen LogP contribution in [-0.2, 0) is 4.79 Å². The molecule has 2 N–H and O–H groups in total. The lowest BCUT2D eigenvalue weighted by Gasteiger charge is -2.28. The molecule has 0 radical (unpaired) electrons. The van der Waals surface area contributed by atoms with Gasteiger partial charge in [-0.3, -0.25) is 10.1 Å². The lowest BCUT2D eigenvalue weighted by molar-refractivity contribution is -0.118. The van der Waals surface area contributed by atoms with E-state index in [1.165, 1.54) is 0 Å². The minimum Gasteiger partial charge on any atom is -0.486 e. The first kappa shape index (κ1) is 19.7. The number of carbonyl (C=O) groups is 1. The number of anilines is 1. The molecule has 2 aromatic carbocycles. The van der Waals surface area contributed by atoms with Gasteiger partial charge in [0.15, 0.2) is 11.5 Å². The topological polar surface area (TPSA) is 83.4 Å². The van der Waals surface area contributed by atoms with Crippen LogP contribution in [0.15, 0.2) is 42.5 Å². The maximum atomic E-state index is 12.7. The van der Waals surface area contributed by atoms with E-state index in [0.29, 0.717) is 24.5 Å². The van der Waals surface area contributed by atoms with Crippen molar-refractivity contribution < 1.29 is 14.3 Å². The molecule has 6 heteroatoms. The third-order valence-electron chi connectivity index (χ3n) is 4.72. The maximum absolute atomic E-state index is 12.7. The van der Waals surface area contributed by atoms with Gasteiger partial charge < -0.3 is 14.8 Å². The molecule has 2 aromatic rings. The molecule has 146 valence electrons. The number of amides is 1. The van der Waals surface area contributed by atoms with E-state index in [0.717, 1.165) is 17.1 Å². The summed E-state index contributed by atoms with van der Waals surface area (Å²) in [6.45, 7) is 7.11. The van der Waals surface area contributed by atoms with Crippen LogP contribution < -0.4 is 20.1 Å². The third-order valence-corrected chi connectivity index (χ3v) is 4.72. The van der Waals surface area contributed by atoms with Gasteiger partial charge in [0, 0.05) is 6.04 Å². The van der Waals surface area contributed by atoms with Gasteiger partial charge in [0.1, 0.15) is 19.3 Å². The molecule has 1 aliphatic heterocycles. The Morgan fingerprint density at radius 3 is 2.50 bits per heavy atom. The molecule has 1 amide bonds. The molecule has 1 heterocycles. The molecule has 0 saturated heterocycles. The van der Waals surface area contributed by atoms with Crippen LogP contribution in [0, 0.1) is 17.2 Å². The fourth-order valence-electron chi connectivity index (χ4n) is 3.20. The van der Waals surface area contributed by atoms with E-state index in [-0.39, 0.29) is 17.9 Å². The number of fused-ring (bicyclic) bond motifs is 1. The lowest BCUT2D eigenvalue weighted by Crippen LogP contribution is -2.41. The summed E-state index contributed by atoms with van der Waals surface area (Å²) in [5, 5.41) is 15.4. The second-order valence-electron chi connectivity index (χ2n) is 7.16. The molecule has 0 unspecified atom stereocenters. The molecule has 6 nitrogen and oxygen atoms in total. The summed E-state index contributed by atoms with van der Waals surface area (Å²) in [5.74, 6) is 1.54. The van der Waals surface area contributed by atoms with E-state index in [4.69, 9.17) is 9.47 Å². The van der Waals surface area contributed by atoms with E-state index < -0.39 is 6.04 Å². The highest BCUT2D eigenvalue weighted by atomic mass is 16.6. The molecule has 1 aliphatic rings. The van der Waals surface area contributed by atoms with E-state index in [9.17, 15) is 10.1 Å². The van der Waals surface area contributed by atoms with E-state index >= 15 is 0 Å². The number of benzene rings is 2. The van der Waals surface area contributed by atoms with Crippen LogP contribution in [0.5, 0.6) is 11.5 Å². The average Bonchev–Trinajstić information content (AvgIpc) is 2.71. The van der Waals surface area contributed by atoms with Gasteiger partial charge in [-0.25, -0.2) is 0 Å². The number of ether oxygens (including phenoxy) is 2. The van der Waals surface area contributed by atoms with Gasteiger partial charge in [-0.1, -0.05) is 32.0 Å². The van der Waals surface area contributed by atoms with E-state index in [1.54, 1.807) is 24.3 Å². The predicted octanol–water partition coefficient (Wildman–Crippen LogP) is 3.64. The Morgan fingerprint density at radius 1 is 1.07 bits per heavy atom. The largest absolute Gasteiger partial charge is 0.486 e. The van der Waals surface area contributed by atoms with E-state index in [1.807, 2.05) is 25.1 Å². The number of carbonyl (C=O) groups excluding carboxylic acids is 1. The Kier molecular flexibility index (Phi) is 6.17. The minimum absolute atomic E-state index is 0.0391. The Hall–Kier alpha value is -3.04. The van der Waals surface area contributed by atoms with Crippen molar-refractivity contribution in [2.45, 2.75) is 32.9 Å². The Morgan fingerprint density at radius 2 is 1.79 bits per heavy atom. The number of hydrogen-bond donors (Lipinski definition) is 2.